The lowest BCUT2D eigenvalue weighted by atomic mass is 9.92. The number of rotatable bonds is 4. The zero-order valence-electron chi connectivity index (χ0n) is 9.13. The van der Waals surface area contributed by atoms with Gasteiger partial charge in [-0.3, -0.25) is 0 Å². The Bertz CT molecular complexity index is 327. The fourth-order valence-corrected chi connectivity index (χ4v) is 2.55. The second-order valence-electron chi connectivity index (χ2n) is 3.96. The predicted molar refractivity (Wildman–Crippen MR) is 70.1 cm³/mol. The molecule has 0 aliphatic rings. The van der Waals surface area contributed by atoms with Gasteiger partial charge in [-0.15, -0.1) is 0 Å². The van der Waals surface area contributed by atoms with Crippen molar-refractivity contribution in [1.29, 1.82) is 0 Å². The van der Waals surface area contributed by atoms with Crippen LogP contribution >= 0.6 is 22.6 Å². The van der Waals surface area contributed by atoms with Crippen LogP contribution in [0.25, 0.3) is 0 Å². The summed E-state index contributed by atoms with van der Waals surface area (Å²) in [6, 6.07) is 4.83. The van der Waals surface area contributed by atoms with Crippen LogP contribution in [0.3, 0.4) is 0 Å². The van der Waals surface area contributed by atoms with Crippen molar-refractivity contribution in [3.63, 3.8) is 0 Å². The molecule has 0 saturated carbocycles. The standard InChI is InChI=1S/C12H17FIN/c1-3-4-8(2)12(15)10-6-5-9(13)7-11(10)14/h5-8,12H,3-4,15H2,1-2H3. The van der Waals surface area contributed by atoms with E-state index in [0.29, 0.717) is 5.92 Å². The maximum absolute atomic E-state index is 12.9. The third kappa shape index (κ3) is 3.41. The van der Waals surface area contributed by atoms with Crippen molar-refractivity contribution >= 4 is 22.6 Å². The molecule has 0 heterocycles. The molecule has 1 rings (SSSR count). The van der Waals surface area contributed by atoms with Crippen LogP contribution in [0.2, 0.25) is 0 Å². The Hall–Kier alpha value is -0.160. The summed E-state index contributed by atoms with van der Waals surface area (Å²) < 4.78 is 13.8. The van der Waals surface area contributed by atoms with Gasteiger partial charge in [0, 0.05) is 9.61 Å². The molecule has 1 aromatic carbocycles. The van der Waals surface area contributed by atoms with Crippen molar-refractivity contribution in [3.8, 4) is 0 Å². The van der Waals surface area contributed by atoms with Gasteiger partial charge in [-0.2, -0.15) is 0 Å². The van der Waals surface area contributed by atoms with Crippen molar-refractivity contribution in [1.82, 2.24) is 0 Å². The zero-order valence-corrected chi connectivity index (χ0v) is 11.3. The van der Waals surface area contributed by atoms with Crippen molar-refractivity contribution in [3.05, 3.63) is 33.1 Å². The normalized spacial score (nSPS) is 15.0. The van der Waals surface area contributed by atoms with E-state index in [4.69, 9.17) is 5.73 Å². The Morgan fingerprint density at radius 2 is 2.13 bits per heavy atom. The highest BCUT2D eigenvalue weighted by Crippen LogP contribution is 2.27. The maximum atomic E-state index is 12.9. The third-order valence-electron chi connectivity index (χ3n) is 2.68. The van der Waals surface area contributed by atoms with E-state index in [9.17, 15) is 4.39 Å². The third-order valence-corrected chi connectivity index (χ3v) is 3.61. The number of hydrogen-bond donors (Lipinski definition) is 1. The van der Waals surface area contributed by atoms with Gasteiger partial charge >= 0.3 is 0 Å². The summed E-state index contributed by atoms with van der Waals surface area (Å²) in [7, 11) is 0. The topological polar surface area (TPSA) is 26.0 Å². The summed E-state index contributed by atoms with van der Waals surface area (Å²) in [6.07, 6.45) is 2.24. The molecule has 0 bridgehead atoms. The minimum absolute atomic E-state index is 0.0115. The molecule has 0 saturated heterocycles. The number of benzene rings is 1. The fraction of sp³-hybridized carbons (Fsp3) is 0.500. The van der Waals surface area contributed by atoms with Gasteiger partial charge in [0.25, 0.3) is 0 Å². The van der Waals surface area contributed by atoms with Crippen LogP contribution in [0.15, 0.2) is 18.2 Å². The summed E-state index contributed by atoms with van der Waals surface area (Å²) in [6.45, 7) is 4.30. The first kappa shape index (κ1) is 12.9. The summed E-state index contributed by atoms with van der Waals surface area (Å²) >= 11 is 2.14. The van der Waals surface area contributed by atoms with E-state index in [1.807, 2.05) is 0 Å². The Labute approximate surface area is 104 Å². The lowest BCUT2D eigenvalue weighted by molar-refractivity contribution is 0.432. The molecule has 2 N–H and O–H groups in total. The molecule has 0 amide bonds. The van der Waals surface area contributed by atoms with Crippen LogP contribution in [0.5, 0.6) is 0 Å². The lowest BCUT2D eigenvalue weighted by Gasteiger charge is -2.20. The smallest absolute Gasteiger partial charge is 0.124 e. The zero-order chi connectivity index (χ0) is 11.4. The molecule has 0 aliphatic heterocycles. The number of nitrogens with two attached hydrogens (primary N) is 1. The minimum Gasteiger partial charge on any atom is -0.324 e. The van der Waals surface area contributed by atoms with Crippen molar-refractivity contribution in [2.24, 2.45) is 11.7 Å². The lowest BCUT2D eigenvalue weighted by Crippen LogP contribution is -2.20. The van der Waals surface area contributed by atoms with E-state index in [2.05, 4.69) is 36.4 Å². The Kier molecular flexibility index (Phi) is 4.99. The second-order valence-corrected chi connectivity index (χ2v) is 5.12. The summed E-state index contributed by atoms with van der Waals surface area (Å²) in [5.74, 6) is 0.243. The Morgan fingerprint density at radius 1 is 1.47 bits per heavy atom. The highest BCUT2D eigenvalue weighted by molar-refractivity contribution is 14.1. The number of halogens is 2. The largest absolute Gasteiger partial charge is 0.324 e. The molecule has 84 valence electrons. The van der Waals surface area contributed by atoms with Crippen molar-refractivity contribution in [2.45, 2.75) is 32.7 Å². The van der Waals surface area contributed by atoms with Gasteiger partial charge in [0.15, 0.2) is 0 Å². The molecule has 2 atom stereocenters. The SMILES string of the molecule is CCCC(C)C(N)c1ccc(F)cc1I. The quantitative estimate of drug-likeness (QED) is 0.837. The molecular formula is C12H17FIN. The molecule has 2 unspecified atom stereocenters. The monoisotopic (exact) mass is 321 g/mol. The molecule has 0 aromatic heterocycles. The minimum atomic E-state index is -0.196. The molecule has 1 nitrogen and oxygen atoms in total. The molecule has 0 spiro atoms. The first-order chi connectivity index (χ1) is 7.06. The first-order valence-electron chi connectivity index (χ1n) is 5.26. The van der Waals surface area contributed by atoms with Crippen LogP contribution in [-0.2, 0) is 0 Å². The van der Waals surface area contributed by atoms with Gasteiger partial charge in [0.2, 0.25) is 0 Å². The van der Waals surface area contributed by atoms with E-state index in [-0.39, 0.29) is 11.9 Å². The molecule has 0 fully saturated rings. The molecule has 0 radical (unpaired) electrons. The van der Waals surface area contributed by atoms with Gasteiger partial charge in [-0.05, 0) is 52.6 Å². The summed E-state index contributed by atoms with van der Waals surface area (Å²) in [5.41, 5.74) is 7.20. The van der Waals surface area contributed by atoms with Crippen LogP contribution in [0, 0.1) is 15.3 Å². The van der Waals surface area contributed by atoms with Gasteiger partial charge in [-0.25, -0.2) is 4.39 Å². The average molecular weight is 321 g/mol. The van der Waals surface area contributed by atoms with Gasteiger partial charge in [-0.1, -0.05) is 26.3 Å². The molecular weight excluding hydrogens is 304 g/mol. The maximum Gasteiger partial charge on any atom is 0.124 e. The van der Waals surface area contributed by atoms with E-state index in [1.165, 1.54) is 12.1 Å². The Morgan fingerprint density at radius 3 is 2.67 bits per heavy atom. The average Bonchev–Trinajstić information content (AvgIpc) is 2.17. The fourth-order valence-electron chi connectivity index (χ4n) is 1.71. The molecule has 0 aliphatic carbocycles. The van der Waals surface area contributed by atoms with E-state index in [0.717, 1.165) is 22.0 Å². The second kappa shape index (κ2) is 5.80. The molecule has 1 aromatic rings. The van der Waals surface area contributed by atoms with Crippen LogP contribution < -0.4 is 5.73 Å². The van der Waals surface area contributed by atoms with Crippen LogP contribution in [0.1, 0.15) is 38.3 Å². The summed E-state index contributed by atoms with van der Waals surface area (Å²) in [5, 5.41) is 0. The van der Waals surface area contributed by atoms with Gasteiger partial charge in [0.1, 0.15) is 5.82 Å². The van der Waals surface area contributed by atoms with Gasteiger partial charge < -0.3 is 5.73 Å². The van der Waals surface area contributed by atoms with E-state index < -0.39 is 0 Å². The van der Waals surface area contributed by atoms with Crippen LogP contribution in [0.4, 0.5) is 4.39 Å². The highest BCUT2D eigenvalue weighted by atomic mass is 127. The van der Waals surface area contributed by atoms with Crippen molar-refractivity contribution in [2.75, 3.05) is 0 Å². The molecule has 3 heteroatoms. The predicted octanol–water partition coefficient (Wildman–Crippen LogP) is 3.87. The Balaban J connectivity index is 2.86. The summed E-state index contributed by atoms with van der Waals surface area (Å²) in [4.78, 5) is 0. The van der Waals surface area contributed by atoms with Gasteiger partial charge in [0.05, 0.1) is 0 Å². The molecule has 15 heavy (non-hydrogen) atoms. The van der Waals surface area contributed by atoms with Crippen molar-refractivity contribution < 1.29 is 4.39 Å². The van der Waals surface area contributed by atoms with Crippen LogP contribution in [-0.4, -0.2) is 0 Å². The first-order valence-corrected chi connectivity index (χ1v) is 6.34. The highest BCUT2D eigenvalue weighted by Gasteiger charge is 2.16. The van der Waals surface area contributed by atoms with E-state index >= 15 is 0 Å². The van der Waals surface area contributed by atoms with E-state index in [1.54, 1.807) is 6.07 Å². The number of hydrogen-bond acceptors (Lipinski definition) is 1.